The number of amides is 1. The highest BCUT2D eigenvalue weighted by molar-refractivity contribution is 7.92. The van der Waals surface area contributed by atoms with Gasteiger partial charge in [-0.2, -0.15) is 0 Å². The molecule has 2 aromatic rings. The smallest absolute Gasteiger partial charge is 0.261 e. The van der Waals surface area contributed by atoms with Crippen LogP contribution >= 0.6 is 0 Å². The molecule has 0 saturated carbocycles. The summed E-state index contributed by atoms with van der Waals surface area (Å²) >= 11 is 0. The van der Waals surface area contributed by atoms with Crippen LogP contribution in [0.1, 0.15) is 12.2 Å². The molecule has 0 aliphatic carbocycles. The lowest BCUT2D eigenvalue weighted by atomic mass is 10.2. The number of rotatable bonds is 4. The fraction of sp³-hybridized carbons (Fsp3) is 0.312. The van der Waals surface area contributed by atoms with Gasteiger partial charge in [0.15, 0.2) is 6.10 Å². The van der Waals surface area contributed by atoms with Crippen LogP contribution in [0, 0.1) is 0 Å². The number of ether oxygens (including phenoxy) is 1. The third kappa shape index (κ3) is 3.53. The van der Waals surface area contributed by atoms with Gasteiger partial charge in [-0.05, 0) is 24.3 Å². The second-order valence-corrected chi connectivity index (χ2v) is 7.40. The SMILES string of the molecule is CS(=O)(=O)N1CC[C@@H](C(=O)NCc2ccco2)Oc2ccccc21. The van der Waals surface area contributed by atoms with E-state index < -0.39 is 16.1 Å². The highest BCUT2D eigenvalue weighted by Gasteiger charge is 2.30. The molecule has 3 rings (SSSR count). The first-order valence-electron chi connectivity index (χ1n) is 7.48. The number of anilines is 1. The van der Waals surface area contributed by atoms with E-state index in [0.29, 0.717) is 17.2 Å². The molecule has 0 saturated heterocycles. The lowest BCUT2D eigenvalue weighted by Gasteiger charge is -2.20. The van der Waals surface area contributed by atoms with Crippen LogP contribution in [0.15, 0.2) is 47.1 Å². The van der Waals surface area contributed by atoms with Gasteiger partial charge in [0.2, 0.25) is 10.0 Å². The predicted molar refractivity (Wildman–Crippen MR) is 88.2 cm³/mol. The molecule has 0 unspecified atom stereocenters. The maximum atomic E-state index is 12.4. The van der Waals surface area contributed by atoms with Gasteiger partial charge in [-0.1, -0.05) is 12.1 Å². The number of sulfonamides is 1. The van der Waals surface area contributed by atoms with Crippen LogP contribution in [0.5, 0.6) is 5.75 Å². The zero-order valence-corrected chi connectivity index (χ0v) is 14.0. The molecule has 24 heavy (non-hydrogen) atoms. The van der Waals surface area contributed by atoms with Crippen LogP contribution in [-0.4, -0.2) is 33.2 Å². The van der Waals surface area contributed by atoms with E-state index in [9.17, 15) is 13.2 Å². The number of fused-ring (bicyclic) bond motifs is 1. The number of nitrogens with zero attached hydrogens (tertiary/aromatic N) is 1. The Morgan fingerprint density at radius 2 is 2.08 bits per heavy atom. The largest absolute Gasteiger partial charge is 0.478 e. The Kier molecular flexibility index (Phi) is 4.48. The molecule has 0 bridgehead atoms. The van der Waals surface area contributed by atoms with Crippen molar-refractivity contribution < 1.29 is 22.4 Å². The van der Waals surface area contributed by atoms with Gasteiger partial charge in [-0.15, -0.1) is 0 Å². The summed E-state index contributed by atoms with van der Waals surface area (Å²) in [5.41, 5.74) is 0.446. The summed E-state index contributed by atoms with van der Waals surface area (Å²) in [5, 5.41) is 2.74. The Hall–Kier alpha value is -2.48. The van der Waals surface area contributed by atoms with Crippen molar-refractivity contribution in [1.82, 2.24) is 5.32 Å². The Morgan fingerprint density at radius 1 is 1.29 bits per heavy atom. The highest BCUT2D eigenvalue weighted by atomic mass is 32.2. The van der Waals surface area contributed by atoms with Gasteiger partial charge in [0.05, 0.1) is 24.8 Å². The maximum absolute atomic E-state index is 12.4. The van der Waals surface area contributed by atoms with Gasteiger partial charge in [0.1, 0.15) is 11.5 Å². The first-order valence-corrected chi connectivity index (χ1v) is 9.33. The number of furan rings is 1. The van der Waals surface area contributed by atoms with Crippen molar-refractivity contribution in [3.8, 4) is 5.75 Å². The van der Waals surface area contributed by atoms with Crippen molar-refractivity contribution >= 4 is 21.6 Å². The zero-order chi connectivity index (χ0) is 17.2. The molecule has 1 aromatic heterocycles. The molecule has 1 aliphatic heterocycles. The van der Waals surface area contributed by atoms with Crippen LogP contribution < -0.4 is 14.4 Å². The minimum atomic E-state index is -3.45. The van der Waals surface area contributed by atoms with E-state index in [-0.39, 0.29) is 25.4 Å². The summed E-state index contributed by atoms with van der Waals surface area (Å²) < 4.78 is 36.2. The number of carbonyl (C=O) groups excluding carboxylic acids is 1. The van der Waals surface area contributed by atoms with E-state index in [1.807, 2.05) is 0 Å². The second kappa shape index (κ2) is 6.56. The fourth-order valence-corrected chi connectivity index (χ4v) is 3.51. The Bertz CT molecular complexity index is 817. The van der Waals surface area contributed by atoms with Gasteiger partial charge in [0, 0.05) is 13.0 Å². The molecule has 8 heteroatoms. The molecule has 2 heterocycles. The first kappa shape index (κ1) is 16.4. The number of para-hydroxylation sites is 2. The average Bonchev–Trinajstić information content (AvgIpc) is 2.97. The number of hydrogen-bond acceptors (Lipinski definition) is 5. The van der Waals surface area contributed by atoms with E-state index >= 15 is 0 Å². The van der Waals surface area contributed by atoms with Crippen molar-refractivity contribution in [2.24, 2.45) is 0 Å². The van der Waals surface area contributed by atoms with Crippen LogP contribution in [0.3, 0.4) is 0 Å². The van der Waals surface area contributed by atoms with Crippen molar-refractivity contribution in [3.05, 3.63) is 48.4 Å². The molecule has 1 atom stereocenters. The van der Waals surface area contributed by atoms with Gasteiger partial charge in [-0.25, -0.2) is 8.42 Å². The summed E-state index contributed by atoms with van der Waals surface area (Å²) in [6.45, 7) is 0.428. The maximum Gasteiger partial charge on any atom is 0.261 e. The fourth-order valence-electron chi connectivity index (χ4n) is 2.56. The summed E-state index contributed by atoms with van der Waals surface area (Å²) in [6.07, 6.45) is 2.16. The highest BCUT2D eigenvalue weighted by Crippen LogP contribution is 2.33. The van der Waals surface area contributed by atoms with Crippen molar-refractivity contribution in [1.29, 1.82) is 0 Å². The quantitative estimate of drug-likeness (QED) is 0.903. The van der Waals surface area contributed by atoms with E-state index in [1.54, 1.807) is 36.4 Å². The third-order valence-corrected chi connectivity index (χ3v) is 4.89. The molecule has 1 N–H and O–H groups in total. The van der Waals surface area contributed by atoms with Gasteiger partial charge >= 0.3 is 0 Å². The van der Waals surface area contributed by atoms with E-state index in [1.165, 1.54) is 10.6 Å². The van der Waals surface area contributed by atoms with E-state index in [4.69, 9.17) is 9.15 Å². The molecule has 1 aliphatic rings. The van der Waals surface area contributed by atoms with Crippen molar-refractivity contribution in [3.63, 3.8) is 0 Å². The summed E-state index contributed by atoms with van der Waals surface area (Å²) in [5.74, 6) is 0.699. The average molecular weight is 350 g/mol. The molecule has 1 aromatic carbocycles. The molecule has 0 spiro atoms. The lowest BCUT2D eigenvalue weighted by Crippen LogP contribution is -2.39. The van der Waals surface area contributed by atoms with Crippen LogP contribution in [-0.2, 0) is 21.4 Å². The van der Waals surface area contributed by atoms with Crippen molar-refractivity contribution in [2.45, 2.75) is 19.1 Å². The Balaban J connectivity index is 1.77. The topological polar surface area (TPSA) is 88.9 Å². The van der Waals surface area contributed by atoms with E-state index in [0.717, 1.165) is 6.26 Å². The van der Waals surface area contributed by atoms with Gasteiger partial charge in [0.25, 0.3) is 5.91 Å². The molecule has 0 radical (unpaired) electrons. The monoisotopic (exact) mass is 350 g/mol. The summed E-state index contributed by atoms with van der Waals surface area (Å²) in [6, 6.07) is 10.3. The van der Waals surface area contributed by atoms with Crippen LogP contribution in [0.4, 0.5) is 5.69 Å². The number of carbonyl (C=O) groups is 1. The zero-order valence-electron chi connectivity index (χ0n) is 13.1. The minimum absolute atomic E-state index is 0.175. The van der Waals surface area contributed by atoms with Gasteiger partial charge < -0.3 is 14.5 Å². The standard InChI is InChI=1S/C16H18N2O5S/c1-24(20,21)18-9-8-15(23-14-7-3-2-6-13(14)18)16(19)17-11-12-5-4-10-22-12/h2-7,10,15H,8-9,11H2,1H3,(H,17,19)/t15-/m0/s1. The normalized spacial score (nSPS) is 17.5. The summed E-state index contributed by atoms with van der Waals surface area (Å²) in [7, 11) is -3.45. The summed E-state index contributed by atoms with van der Waals surface area (Å²) in [4.78, 5) is 12.4. The number of hydrogen-bond donors (Lipinski definition) is 1. The second-order valence-electron chi connectivity index (χ2n) is 5.50. The molecule has 0 fully saturated rings. The predicted octanol–water partition coefficient (Wildman–Crippen LogP) is 1.51. The number of benzene rings is 1. The first-order chi connectivity index (χ1) is 11.4. The number of nitrogens with one attached hydrogen (secondary N) is 1. The molecule has 7 nitrogen and oxygen atoms in total. The van der Waals surface area contributed by atoms with Crippen LogP contribution in [0.25, 0.3) is 0 Å². The van der Waals surface area contributed by atoms with Gasteiger partial charge in [-0.3, -0.25) is 9.10 Å². The molecule has 128 valence electrons. The third-order valence-electron chi connectivity index (χ3n) is 3.71. The molecular weight excluding hydrogens is 332 g/mol. The minimum Gasteiger partial charge on any atom is -0.478 e. The molecule has 1 amide bonds. The Labute approximate surface area is 140 Å². The lowest BCUT2D eigenvalue weighted by molar-refractivity contribution is -0.128. The molecular formula is C16H18N2O5S. The van der Waals surface area contributed by atoms with Crippen LogP contribution in [0.2, 0.25) is 0 Å². The van der Waals surface area contributed by atoms with Crippen molar-refractivity contribution in [2.75, 3.05) is 17.1 Å². The van der Waals surface area contributed by atoms with E-state index in [2.05, 4.69) is 5.32 Å². The Morgan fingerprint density at radius 3 is 2.79 bits per heavy atom.